The van der Waals surface area contributed by atoms with Crippen LogP contribution in [0.4, 0.5) is 0 Å². The van der Waals surface area contributed by atoms with E-state index in [9.17, 15) is 0 Å². The number of hydrogen-bond acceptors (Lipinski definition) is 7. The van der Waals surface area contributed by atoms with Crippen molar-refractivity contribution in [3.63, 3.8) is 0 Å². The van der Waals surface area contributed by atoms with Crippen molar-refractivity contribution in [2.45, 2.75) is 0 Å². The SMILES string of the molecule is c1ccc(-c2cnc3oc4cnc(-c5ccc(-c6nc(-c7ccccc7)nc(-c7ccc(-n8c9ccccc9c9ccccc98)cc7)n6)cc5)nc4c3c2)cc1. The standard InChI is InChI=1S/C48H29N7O/c1-3-11-30(12-4-1)35-27-39-43-42(56-48(39)50-28-35)29-49-44(51-43)32-19-21-33(22-20-32)46-52-45(31-13-5-2-6-14-31)53-47(54-46)34-23-25-36(26-24-34)55-40-17-9-7-15-37(40)38-16-8-10-18-41(38)55/h1-29H. The summed E-state index contributed by atoms with van der Waals surface area (Å²) >= 11 is 0. The van der Waals surface area contributed by atoms with Crippen LogP contribution in [-0.4, -0.2) is 34.5 Å². The van der Waals surface area contributed by atoms with Crippen molar-refractivity contribution in [3.05, 3.63) is 176 Å². The Kier molecular flexibility index (Phi) is 7.31. The second-order valence-corrected chi connectivity index (χ2v) is 13.6. The lowest BCUT2D eigenvalue weighted by molar-refractivity contribution is 0.651. The molecule has 8 nitrogen and oxygen atoms in total. The number of furan rings is 1. The molecule has 5 heterocycles. The molecule has 0 radical (unpaired) electrons. The molecule has 11 aromatic rings. The van der Waals surface area contributed by atoms with E-state index in [0.29, 0.717) is 34.6 Å². The van der Waals surface area contributed by atoms with Gasteiger partial charge in [-0.25, -0.2) is 29.9 Å². The Bertz CT molecular complexity index is 3180. The fourth-order valence-electron chi connectivity index (χ4n) is 7.45. The maximum Gasteiger partial charge on any atom is 0.229 e. The minimum absolute atomic E-state index is 0.530. The molecule has 56 heavy (non-hydrogen) atoms. The summed E-state index contributed by atoms with van der Waals surface area (Å²) in [5.41, 5.74) is 10.8. The molecule has 0 amide bonds. The molecule has 8 heteroatoms. The fourth-order valence-corrected chi connectivity index (χ4v) is 7.45. The molecule has 0 aliphatic heterocycles. The molecular formula is C48H29N7O. The van der Waals surface area contributed by atoms with Crippen molar-refractivity contribution in [1.82, 2.24) is 34.5 Å². The van der Waals surface area contributed by atoms with Crippen molar-refractivity contribution in [2.24, 2.45) is 0 Å². The molecule has 0 bridgehead atoms. The zero-order valence-corrected chi connectivity index (χ0v) is 29.8. The number of nitrogens with zero attached hydrogens (tertiary/aromatic N) is 7. The summed E-state index contributed by atoms with van der Waals surface area (Å²) in [7, 11) is 0. The molecule has 5 aromatic heterocycles. The number of benzene rings is 6. The van der Waals surface area contributed by atoms with Crippen molar-refractivity contribution < 1.29 is 4.42 Å². The normalized spacial score (nSPS) is 11.6. The van der Waals surface area contributed by atoms with E-state index in [1.54, 1.807) is 6.20 Å². The van der Waals surface area contributed by atoms with Gasteiger partial charge in [-0.15, -0.1) is 0 Å². The van der Waals surface area contributed by atoms with Gasteiger partial charge in [0, 0.05) is 50.5 Å². The zero-order valence-electron chi connectivity index (χ0n) is 29.8. The monoisotopic (exact) mass is 719 g/mol. The van der Waals surface area contributed by atoms with Gasteiger partial charge in [-0.2, -0.15) is 0 Å². The van der Waals surface area contributed by atoms with Crippen LogP contribution >= 0.6 is 0 Å². The third-order valence-electron chi connectivity index (χ3n) is 10.2. The number of hydrogen-bond donors (Lipinski definition) is 0. The van der Waals surface area contributed by atoms with Gasteiger partial charge in [0.2, 0.25) is 5.71 Å². The summed E-state index contributed by atoms with van der Waals surface area (Å²) in [6.07, 6.45) is 3.54. The van der Waals surface area contributed by atoms with Crippen LogP contribution in [0.3, 0.4) is 0 Å². The third-order valence-corrected chi connectivity index (χ3v) is 10.2. The highest BCUT2D eigenvalue weighted by Gasteiger charge is 2.17. The zero-order chi connectivity index (χ0) is 37.0. The molecule has 0 atom stereocenters. The van der Waals surface area contributed by atoms with Gasteiger partial charge in [0.15, 0.2) is 28.9 Å². The average molecular weight is 720 g/mol. The first-order chi connectivity index (χ1) is 27.7. The van der Waals surface area contributed by atoms with Crippen LogP contribution in [0.15, 0.2) is 181 Å². The highest BCUT2D eigenvalue weighted by atomic mass is 16.3. The highest BCUT2D eigenvalue weighted by Crippen LogP contribution is 2.34. The first-order valence-corrected chi connectivity index (χ1v) is 18.4. The van der Waals surface area contributed by atoms with Crippen molar-refractivity contribution in [2.75, 3.05) is 0 Å². The van der Waals surface area contributed by atoms with E-state index in [4.69, 9.17) is 24.4 Å². The van der Waals surface area contributed by atoms with Crippen LogP contribution in [0.25, 0.3) is 106 Å². The van der Waals surface area contributed by atoms with Crippen LogP contribution < -0.4 is 0 Å². The molecule has 262 valence electrons. The average Bonchev–Trinajstić information content (AvgIpc) is 3.82. The van der Waals surface area contributed by atoms with Gasteiger partial charge < -0.3 is 8.98 Å². The van der Waals surface area contributed by atoms with Crippen molar-refractivity contribution >= 4 is 44.0 Å². The van der Waals surface area contributed by atoms with Gasteiger partial charge in [-0.05, 0) is 48.0 Å². The molecule has 6 aromatic carbocycles. The molecule has 0 unspecified atom stereocenters. The predicted molar refractivity (Wildman–Crippen MR) is 222 cm³/mol. The lowest BCUT2D eigenvalue weighted by Gasteiger charge is -2.11. The summed E-state index contributed by atoms with van der Waals surface area (Å²) < 4.78 is 8.31. The minimum atomic E-state index is 0.530. The summed E-state index contributed by atoms with van der Waals surface area (Å²) in [6, 6.07) is 55.7. The summed E-state index contributed by atoms with van der Waals surface area (Å²) in [5.74, 6) is 2.35. The second kappa shape index (κ2) is 12.9. The smallest absolute Gasteiger partial charge is 0.229 e. The topological polar surface area (TPSA) is 95.4 Å². The van der Waals surface area contributed by atoms with Gasteiger partial charge in [-0.3, -0.25) is 0 Å². The van der Waals surface area contributed by atoms with Gasteiger partial charge in [0.05, 0.1) is 22.6 Å². The van der Waals surface area contributed by atoms with Crippen LogP contribution in [0, 0.1) is 0 Å². The van der Waals surface area contributed by atoms with E-state index in [0.717, 1.165) is 61.0 Å². The van der Waals surface area contributed by atoms with Crippen LogP contribution in [0.5, 0.6) is 0 Å². The lowest BCUT2D eigenvalue weighted by atomic mass is 10.1. The number of pyridine rings is 1. The molecule has 0 aliphatic carbocycles. The predicted octanol–water partition coefficient (Wildman–Crippen LogP) is 11.4. The van der Waals surface area contributed by atoms with Crippen LogP contribution in [-0.2, 0) is 0 Å². The summed E-state index contributed by atoms with van der Waals surface area (Å²) in [4.78, 5) is 29.1. The van der Waals surface area contributed by atoms with Crippen LogP contribution in [0.1, 0.15) is 0 Å². The van der Waals surface area contributed by atoms with E-state index in [1.807, 2.05) is 79.0 Å². The Hall–Kier alpha value is -7.84. The molecule has 0 aliphatic rings. The maximum absolute atomic E-state index is 6.01. The molecule has 0 spiro atoms. The summed E-state index contributed by atoms with van der Waals surface area (Å²) in [5, 5.41) is 3.30. The molecular weight excluding hydrogens is 691 g/mol. The Morgan fingerprint density at radius 3 is 1.48 bits per heavy atom. The lowest BCUT2D eigenvalue weighted by Crippen LogP contribution is -2.00. The number of fused-ring (bicyclic) bond motifs is 6. The fraction of sp³-hybridized carbons (Fsp3) is 0. The molecule has 11 rings (SSSR count). The van der Waals surface area contributed by atoms with E-state index < -0.39 is 0 Å². The van der Waals surface area contributed by atoms with E-state index in [-0.39, 0.29) is 0 Å². The molecule has 0 N–H and O–H groups in total. The number of rotatable bonds is 6. The van der Waals surface area contributed by atoms with Gasteiger partial charge in [-0.1, -0.05) is 121 Å². The van der Waals surface area contributed by atoms with Crippen molar-refractivity contribution in [3.8, 4) is 62.4 Å². The van der Waals surface area contributed by atoms with E-state index >= 15 is 0 Å². The van der Waals surface area contributed by atoms with Gasteiger partial charge >= 0.3 is 0 Å². The quantitative estimate of drug-likeness (QED) is 0.169. The Morgan fingerprint density at radius 2 is 0.875 bits per heavy atom. The van der Waals surface area contributed by atoms with Crippen LogP contribution in [0.2, 0.25) is 0 Å². The largest absolute Gasteiger partial charge is 0.434 e. The van der Waals surface area contributed by atoms with E-state index in [1.165, 1.54) is 10.8 Å². The highest BCUT2D eigenvalue weighted by molar-refractivity contribution is 6.09. The minimum Gasteiger partial charge on any atom is -0.434 e. The second-order valence-electron chi connectivity index (χ2n) is 13.6. The van der Waals surface area contributed by atoms with Gasteiger partial charge in [0.1, 0.15) is 5.52 Å². The first kappa shape index (κ1) is 31.7. The summed E-state index contributed by atoms with van der Waals surface area (Å²) in [6.45, 7) is 0. The first-order valence-electron chi connectivity index (χ1n) is 18.4. The van der Waals surface area contributed by atoms with E-state index in [2.05, 4.69) is 106 Å². The number of para-hydroxylation sites is 2. The maximum atomic E-state index is 6.01. The number of aromatic nitrogens is 7. The Labute approximate surface area is 320 Å². The molecule has 0 saturated carbocycles. The van der Waals surface area contributed by atoms with Crippen molar-refractivity contribution in [1.29, 1.82) is 0 Å². The Morgan fingerprint density at radius 1 is 0.375 bits per heavy atom. The Balaban J connectivity index is 0.960. The molecule has 0 saturated heterocycles. The third kappa shape index (κ3) is 5.39. The molecule has 0 fully saturated rings. The van der Waals surface area contributed by atoms with Gasteiger partial charge in [0.25, 0.3) is 0 Å².